The van der Waals surface area contributed by atoms with Gasteiger partial charge in [0.2, 0.25) is 0 Å². The van der Waals surface area contributed by atoms with E-state index >= 15 is 0 Å². The molecule has 3 rings (SSSR count). The molecule has 1 aromatic heterocycles. The zero-order chi connectivity index (χ0) is 21.0. The SMILES string of the molecule is COc1cc(/C=N\NC(=O)c2ccc3nc(SC(C)C)[nH]c3c2)cc(Cl)c1OC. The summed E-state index contributed by atoms with van der Waals surface area (Å²) in [7, 11) is 3.03. The Hall–Kier alpha value is -2.71. The third kappa shape index (κ3) is 5.02. The van der Waals surface area contributed by atoms with Gasteiger partial charge in [0.25, 0.3) is 5.91 Å². The Morgan fingerprint density at radius 1 is 1.28 bits per heavy atom. The molecule has 29 heavy (non-hydrogen) atoms. The minimum absolute atomic E-state index is 0.331. The number of hydrogen-bond donors (Lipinski definition) is 2. The lowest BCUT2D eigenvalue weighted by Gasteiger charge is -2.09. The van der Waals surface area contributed by atoms with Crippen molar-refractivity contribution in [2.45, 2.75) is 24.3 Å². The second kappa shape index (κ2) is 9.19. The van der Waals surface area contributed by atoms with Crippen LogP contribution in [-0.2, 0) is 0 Å². The third-order valence-electron chi connectivity index (χ3n) is 3.91. The lowest BCUT2D eigenvalue weighted by Crippen LogP contribution is -2.17. The Labute approximate surface area is 177 Å². The van der Waals surface area contributed by atoms with Crippen molar-refractivity contribution in [3.63, 3.8) is 0 Å². The Morgan fingerprint density at radius 2 is 2.07 bits per heavy atom. The number of aromatic amines is 1. The van der Waals surface area contributed by atoms with Crippen LogP contribution in [0.25, 0.3) is 11.0 Å². The topological polar surface area (TPSA) is 88.6 Å². The molecule has 2 N–H and O–H groups in total. The van der Waals surface area contributed by atoms with E-state index < -0.39 is 0 Å². The molecule has 0 saturated carbocycles. The maximum atomic E-state index is 12.4. The molecule has 9 heteroatoms. The molecule has 0 aliphatic rings. The predicted octanol–water partition coefficient (Wildman–Crippen LogP) is 4.50. The van der Waals surface area contributed by atoms with Crippen molar-refractivity contribution in [1.29, 1.82) is 0 Å². The number of aromatic nitrogens is 2. The highest BCUT2D eigenvalue weighted by Gasteiger charge is 2.11. The summed E-state index contributed by atoms with van der Waals surface area (Å²) in [5, 5.41) is 5.64. The molecular formula is C20H21ClN4O3S. The van der Waals surface area contributed by atoms with Crippen LogP contribution in [0.15, 0.2) is 40.6 Å². The molecule has 0 atom stereocenters. The first-order valence-corrected chi connectivity index (χ1v) is 10.1. The number of carbonyl (C=O) groups excluding carboxylic acids is 1. The molecule has 7 nitrogen and oxygen atoms in total. The van der Waals surface area contributed by atoms with Crippen LogP contribution in [0.2, 0.25) is 5.02 Å². The molecule has 152 valence electrons. The first-order valence-electron chi connectivity index (χ1n) is 8.82. The van der Waals surface area contributed by atoms with Crippen LogP contribution in [0.1, 0.15) is 29.8 Å². The summed E-state index contributed by atoms with van der Waals surface area (Å²) in [5.74, 6) is 0.591. The molecule has 0 unspecified atom stereocenters. The molecule has 0 aliphatic carbocycles. The second-order valence-corrected chi connectivity index (χ2v) is 8.35. The number of thioether (sulfide) groups is 1. The summed E-state index contributed by atoms with van der Waals surface area (Å²) >= 11 is 7.81. The molecule has 0 bridgehead atoms. The lowest BCUT2D eigenvalue weighted by molar-refractivity contribution is 0.0955. The zero-order valence-electron chi connectivity index (χ0n) is 16.4. The number of nitrogens with one attached hydrogen (secondary N) is 2. The summed E-state index contributed by atoms with van der Waals surface area (Å²) < 4.78 is 10.5. The molecule has 0 fully saturated rings. The maximum absolute atomic E-state index is 12.4. The van der Waals surface area contributed by atoms with Gasteiger partial charge in [0.1, 0.15) is 0 Å². The third-order valence-corrected chi connectivity index (χ3v) is 5.07. The standard InChI is InChI=1S/C20H21ClN4O3S/c1-11(2)29-20-23-15-6-5-13(9-16(15)24-20)19(26)25-22-10-12-7-14(21)18(28-4)17(8-12)27-3/h5-11H,1-4H3,(H,23,24)(H,25,26)/b22-10-. The van der Waals surface area contributed by atoms with Gasteiger partial charge < -0.3 is 14.5 Å². The number of benzene rings is 2. The molecule has 0 saturated heterocycles. The van der Waals surface area contributed by atoms with Crippen molar-refractivity contribution >= 4 is 46.5 Å². The van der Waals surface area contributed by atoms with E-state index in [-0.39, 0.29) is 5.91 Å². The van der Waals surface area contributed by atoms with Crippen LogP contribution in [-0.4, -0.2) is 41.6 Å². The van der Waals surface area contributed by atoms with Crippen LogP contribution in [0.3, 0.4) is 0 Å². The first-order chi connectivity index (χ1) is 13.9. The summed E-state index contributed by atoms with van der Waals surface area (Å²) in [6.07, 6.45) is 1.48. The van der Waals surface area contributed by atoms with Crippen molar-refractivity contribution in [3.8, 4) is 11.5 Å². The van der Waals surface area contributed by atoms with Gasteiger partial charge in [-0.2, -0.15) is 5.10 Å². The van der Waals surface area contributed by atoms with Crippen molar-refractivity contribution in [2.24, 2.45) is 5.10 Å². The van der Waals surface area contributed by atoms with E-state index in [1.807, 2.05) is 6.07 Å². The fourth-order valence-electron chi connectivity index (χ4n) is 2.65. The highest BCUT2D eigenvalue weighted by molar-refractivity contribution is 7.99. The fourth-order valence-corrected chi connectivity index (χ4v) is 3.71. The maximum Gasteiger partial charge on any atom is 0.271 e. The van der Waals surface area contributed by atoms with Crippen LogP contribution in [0.5, 0.6) is 11.5 Å². The van der Waals surface area contributed by atoms with Crippen LogP contribution in [0, 0.1) is 0 Å². The quantitative estimate of drug-likeness (QED) is 0.326. The van der Waals surface area contributed by atoms with Crippen LogP contribution in [0.4, 0.5) is 0 Å². The first kappa shape index (κ1) is 21.0. The van der Waals surface area contributed by atoms with E-state index in [1.165, 1.54) is 20.4 Å². The van der Waals surface area contributed by atoms with Crippen LogP contribution < -0.4 is 14.9 Å². The molecule has 0 spiro atoms. The Morgan fingerprint density at radius 3 is 2.76 bits per heavy atom. The molecule has 3 aromatic rings. The largest absolute Gasteiger partial charge is 0.493 e. The van der Waals surface area contributed by atoms with Crippen molar-refractivity contribution in [3.05, 3.63) is 46.5 Å². The average Bonchev–Trinajstić information content (AvgIpc) is 3.07. The minimum Gasteiger partial charge on any atom is -0.493 e. The Bertz CT molecular complexity index is 1070. The number of rotatable bonds is 7. The van der Waals surface area contributed by atoms with Gasteiger partial charge in [-0.3, -0.25) is 4.79 Å². The summed E-state index contributed by atoms with van der Waals surface area (Å²) in [5.41, 5.74) is 5.26. The van der Waals surface area contributed by atoms with E-state index in [0.29, 0.717) is 32.9 Å². The molecule has 0 radical (unpaired) electrons. The van der Waals surface area contributed by atoms with Gasteiger partial charge in [0.05, 0.1) is 36.5 Å². The normalized spacial score (nSPS) is 11.4. The van der Waals surface area contributed by atoms with Gasteiger partial charge in [-0.25, -0.2) is 10.4 Å². The van der Waals surface area contributed by atoms with Crippen molar-refractivity contribution in [2.75, 3.05) is 14.2 Å². The Balaban J connectivity index is 1.72. The molecule has 2 aromatic carbocycles. The monoisotopic (exact) mass is 432 g/mol. The molecule has 0 aliphatic heterocycles. The Kier molecular flexibility index (Phi) is 6.66. The van der Waals surface area contributed by atoms with Crippen molar-refractivity contribution in [1.82, 2.24) is 15.4 Å². The van der Waals surface area contributed by atoms with Gasteiger partial charge in [-0.05, 0) is 35.9 Å². The number of H-pyrrole nitrogens is 1. The molecule has 1 amide bonds. The number of methoxy groups -OCH3 is 2. The number of imidazole rings is 1. The van der Waals surface area contributed by atoms with Gasteiger partial charge in [0, 0.05) is 10.8 Å². The smallest absolute Gasteiger partial charge is 0.271 e. The molecular weight excluding hydrogens is 412 g/mol. The summed E-state index contributed by atoms with van der Waals surface area (Å²) in [6.45, 7) is 4.20. The van der Waals surface area contributed by atoms with Gasteiger partial charge in [-0.1, -0.05) is 37.2 Å². The highest BCUT2D eigenvalue weighted by Crippen LogP contribution is 2.35. The van der Waals surface area contributed by atoms with E-state index in [2.05, 4.69) is 34.3 Å². The van der Waals surface area contributed by atoms with Crippen molar-refractivity contribution < 1.29 is 14.3 Å². The van der Waals surface area contributed by atoms with E-state index in [4.69, 9.17) is 21.1 Å². The predicted molar refractivity (Wildman–Crippen MR) is 117 cm³/mol. The van der Waals surface area contributed by atoms with E-state index in [1.54, 1.807) is 36.0 Å². The van der Waals surface area contributed by atoms with E-state index in [9.17, 15) is 4.79 Å². The van der Waals surface area contributed by atoms with Gasteiger partial charge in [0.15, 0.2) is 16.7 Å². The number of ether oxygens (including phenoxy) is 2. The number of hydrazone groups is 1. The zero-order valence-corrected chi connectivity index (χ0v) is 18.0. The number of amides is 1. The van der Waals surface area contributed by atoms with Crippen LogP contribution >= 0.6 is 23.4 Å². The van der Waals surface area contributed by atoms with Gasteiger partial charge in [-0.15, -0.1) is 0 Å². The number of halogens is 1. The summed E-state index contributed by atoms with van der Waals surface area (Å²) in [4.78, 5) is 20.2. The number of nitrogens with zero attached hydrogens (tertiary/aromatic N) is 2. The average molecular weight is 433 g/mol. The lowest BCUT2D eigenvalue weighted by atomic mass is 10.2. The van der Waals surface area contributed by atoms with Gasteiger partial charge >= 0.3 is 0 Å². The number of fused-ring (bicyclic) bond motifs is 1. The fraction of sp³-hybridized carbons (Fsp3) is 0.250. The van der Waals surface area contributed by atoms with E-state index in [0.717, 1.165) is 16.2 Å². The highest BCUT2D eigenvalue weighted by atomic mass is 35.5. The minimum atomic E-state index is -0.331. The number of carbonyl (C=O) groups is 1. The molecule has 1 heterocycles. The summed E-state index contributed by atoms with van der Waals surface area (Å²) in [6, 6.07) is 8.66. The second-order valence-electron chi connectivity index (χ2n) is 6.38. The number of hydrogen-bond acceptors (Lipinski definition) is 6.